The minimum absolute atomic E-state index is 0.100. The van der Waals surface area contributed by atoms with E-state index in [4.69, 9.17) is 9.47 Å². The number of likely N-dealkylation sites (tertiary alicyclic amines) is 1. The van der Waals surface area contributed by atoms with E-state index in [9.17, 15) is 14.4 Å². The number of hydrogen-bond donors (Lipinski definition) is 1. The molecular weight excluding hydrogens is 384 g/mol. The molecule has 7 nitrogen and oxygen atoms in total. The first-order valence-electron chi connectivity index (χ1n) is 10.8. The van der Waals surface area contributed by atoms with Crippen LogP contribution in [0.5, 0.6) is 0 Å². The van der Waals surface area contributed by atoms with Gasteiger partial charge in [-0.1, -0.05) is 47.3 Å². The third kappa shape index (κ3) is 7.65. The lowest BCUT2D eigenvalue weighted by Gasteiger charge is -2.39. The molecule has 7 heteroatoms. The number of carbonyl (C=O) groups excluding carboxylic acids is 3. The van der Waals surface area contributed by atoms with E-state index >= 15 is 0 Å². The highest BCUT2D eigenvalue weighted by molar-refractivity contribution is 5.90. The summed E-state index contributed by atoms with van der Waals surface area (Å²) in [4.78, 5) is 40.4. The summed E-state index contributed by atoms with van der Waals surface area (Å²) in [5.74, 6) is -0.543. The SMILES string of the molecule is C=CCOC(=O)[C@@H]1CC[C@H](C(C)(C)C)N1C(=O)[C@H](CC(C)C)NC(=O)OC(C)(C)C. The van der Waals surface area contributed by atoms with Crippen molar-refractivity contribution in [1.29, 1.82) is 0 Å². The quantitative estimate of drug-likeness (QED) is 0.492. The smallest absolute Gasteiger partial charge is 0.408 e. The van der Waals surface area contributed by atoms with Crippen LogP contribution in [0, 0.1) is 11.3 Å². The van der Waals surface area contributed by atoms with Crippen LogP contribution in [0.15, 0.2) is 12.7 Å². The number of esters is 1. The van der Waals surface area contributed by atoms with Crippen molar-refractivity contribution in [3.8, 4) is 0 Å². The van der Waals surface area contributed by atoms with E-state index < -0.39 is 29.7 Å². The Kier molecular flexibility index (Phi) is 8.93. The zero-order chi connectivity index (χ0) is 23.3. The first kappa shape index (κ1) is 26.0. The van der Waals surface area contributed by atoms with E-state index in [0.717, 1.165) is 0 Å². The monoisotopic (exact) mass is 424 g/mol. The van der Waals surface area contributed by atoms with Crippen molar-refractivity contribution in [2.24, 2.45) is 11.3 Å². The average molecular weight is 425 g/mol. The van der Waals surface area contributed by atoms with Crippen LogP contribution in [0.2, 0.25) is 0 Å². The second kappa shape index (κ2) is 10.3. The van der Waals surface area contributed by atoms with Gasteiger partial charge in [-0.25, -0.2) is 9.59 Å². The Balaban J connectivity index is 3.18. The topological polar surface area (TPSA) is 84.9 Å². The van der Waals surface area contributed by atoms with Crippen molar-refractivity contribution in [1.82, 2.24) is 10.2 Å². The highest BCUT2D eigenvalue weighted by Gasteiger charge is 2.48. The fraction of sp³-hybridized carbons (Fsp3) is 0.783. The van der Waals surface area contributed by atoms with E-state index in [-0.39, 0.29) is 29.9 Å². The molecule has 3 atom stereocenters. The van der Waals surface area contributed by atoms with Crippen molar-refractivity contribution in [3.05, 3.63) is 12.7 Å². The zero-order valence-electron chi connectivity index (χ0n) is 19.9. The Labute approximate surface area is 181 Å². The Morgan fingerprint density at radius 3 is 2.20 bits per heavy atom. The zero-order valence-corrected chi connectivity index (χ0v) is 19.9. The van der Waals surface area contributed by atoms with Crippen molar-refractivity contribution >= 4 is 18.0 Å². The molecule has 0 aromatic carbocycles. The highest BCUT2D eigenvalue weighted by Crippen LogP contribution is 2.37. The average Bonchev–Trinajstić information content (AvgIpc) is 3.01. The van der Waals surface area contributed by atoms with E-state index in [2.05, 4.69) is 11.9 Å². The maximum atomic E-state index is 13.7. The molecule has 1 saturated heterocycles. The lowest BCUT2D eigenvalue weighted by atomic mass is 9.85. The first-order valence-corrected chi connectivity index (χ1v) is 10.8. The summed E-state index contributed by atoms with van der Waals surface area (Å²) in [7, 11) is 0. The van der Waals surface area contributed by atoms with Crippen LogP contribution >= 0.6 is 0 Å². The standard InChI is InChI=1S/C23H40N2O5/c1-10-13-29-20(27)17-11-12-18(22(4,5)6)25(17)19(26)16(14-15(2)3)24-21(28)30-23(7,8)9/h10,15-18H,1,11-14H2,2-9H3,(H,24,28)/t16-,17-,18+/m0/s1. The molecule has 1 aliphatic rings. The van der Waals surface area contributed by atoms with E-state index in [1.807, 2.05) is 34.6 Å². The summed E-state index contributed by atoms with van der Waals surface area (Å²) in [6, 6.07) is -1.59. The molecule has 0 aromatic heterocycles. The van der Waals surface area contributed by atoms with Crippen LogP contribution in [0.1, 0.15) is 74.7 Å². The van der Waals surface area contributed by atoms with Gasteiger partial charge < -0.3 is 19.7 Å². The number of amides is 2. The first-order chi connectivity index (χ1) is 13.7. The maximum Gasteiger partial charge on any atom is 0.408 e. The normalized spacial score (nSPS) is 20.6. The summed E-state index contributed by atoms with van der Waals surface area (Å²) < 4.78 is 10.6. The minimum Gasteiger partial charge on any atom is -0.460 e. The van der Waals surface area contributed by atoms with Gasteiger partial charge in [-0.2, -0.15) is 0 Å². The number of rotatable bonds is 7. The molecule has 1 fully saturated rings. The van der Waals surface area contributed by atoms with Crippen molar-refractivity contribution < 1.29 is 23.9 Å². The van der Waals surface area contributed by atoms with E-state index in [1.165, 1.54) is 6.08 Å². The molecule has 0 saturated carbocycles. The van der Waals surface area contributed by atoms with E-state index in [1.54, 1.807) is 25.7 Å². The van der Waals surface area contributed by atoms with Crippen LogP contribution in [-0.2, 0) is 19.1 Å². The summed E-state index contributed by atoms with van der Waals surface area (Å²) in [5.41, 5.74) is -0.897. The molecule has 0 aliphatic carbocycles. The third-order valence-corrected chi connectivity index (χ3v) is 4.95. The maximum absolute atomic E-state index is 13.7. The Bertz CT molecular complexity index is 630. The second-order valence-electron chi connectivity index (χ2n) is 10.5. The van der Waals surface area contributed by atoms with Crippen LogP contribution in [0.25, 0.3) is 0 Å². The number of alkyl carbamates (subject to hydrolysis) is 1. The Morgan fingerprint density at radius 1 is 1.13 bits per heavy atom. The van der Waals surface area contributed by atoms with Gasteiger partial charge in [0.1, 0.15) is 24.3 Å². The summed E-state index contributed by atoms with van der Waals surface area (Å²) in [6.07, 6.45) is 2.54. The molecular formula is C23H40N2O5. The van der Waals surface area contributed by atoms with Crippen molar-refractivity contribution in [3.63, 3.8) is 0 Å². The van der Waals surface area contributed by atoms with Gasteiger partial charge >= 0.3 is 12.1 Å². The number of nitrogens with zero attached hydrogens (tertiary/aromatic N) is 1. The highest BCUT2D eigenvalue weighted by atomic mass is 16.6. The van der Waals surface area contributed by atoms with Crippen molar-refractivity contribution in [2.45, 2.75) is 98.4 Å². The van der Waals surface area contributed by atoms with Gasteiger partial charge in [0, 0.05) is 6.04 Å². The molecule has 1 aliphatic heterocycles. The number of ether oxygens (including phenoxy) is 2. The predicted molar refractivity (Wildman–Crippen MR) is 117 cm³/mol. The molecule has 1 heterocycles. The van der Waals surface area contributed by atoms with Crippen molar-refractivity contribution in [2.75, 3.05) is 6.61 Å². The molecule has 2 amide bonds. The van der Waals surface area contributed by atoms with E-state index in [0.29, 0.717) is 19.3 Å². The second-order valence-corrected chi connectivity index (χ2v) is 10.5. The molecule has 1 N–H and O–H groups in total. The van der Waals surface area contributed by atoms with Gasteiger partial charge in [0.15, 0.2) is 0 Å². The van der Waals surface area contributed by atoms with Crippen LogP contribution in [0.4, 0.5) is 4.79 Å². The number of carbonyl (C=O) groups is 3. The molecule has 0 unspecified atom stereocenters. The summed E-state index contributed by atoms with van der Waals surface area (Å²) in [5, 5.41) is 2.74. The van der Waals surface area contributed by atoms with Gasteiger partial charge in [-0.05, 0) is 51.4 Å². The Hall–Kier alpha value is -2.05. The van der Waals surface area contributed by atoms with Gasteiger partial charge in [0.05, 0.1) is 0 Å². The molecule has 0 radical (unpaired) electrons. The molecule has 0 aromatic rings. The number of hydrogen-bond acceptors (Lipinski definition) is 5. The lowest BCUT2D eigenvalue weighted by Crippen LogP contribution is -2.57. The third-order valence-electron chi connectivity index (χ3n) is 4.95. The molecule has 172 valence electrons. The summed E-state index contributed by atoms with van der Waals surface area (Å²) >= 11 is 0. The predicted octanol–water partition coefficient (Wildman–Crippen LogP) is 4.06. The Morgan fingerprint density at radius 2 is 1.73 bits per heavy atom. The van der Waals surface area contributed by atoms with Gasteiger partial charge in [0.25, 0.3) is 0 Å². The van der Waals surface area contributed by atoms with Gasteiger partial charge in [-0.15, -0.1) is 0 Å². The van der Waals surface area contributed by atoms with Gasteiger partial charge in [0.2, 0.25) is 5.91 Å². The molecule has 0 bridgehead atoms. The lowest BCUT2D eigenvalue weighted by molar-refractivity contribution is -0.155. The fourth-order valence-corrected chi connectivity index (χ4v) is 3.76. The molecule has 0 spiro atoms. The van der Waals surface area contributed by atoms with Crippen LogP contribution < -0.4 is 5.32 Å². The summed E-state index contributed by atoms with van der Waals surface area (Å²) in [6.45, 7) is 19.1. The van der Waals surface area contributed by atoms with Crippen LogP contribution in [-0.4, -0.2) is 53.2 Å². The fourth-order valence-electron chi connectivity index (χ4n) is 3.76. The van der Waals surface area contributed by atoms with Gasteiger partial charge in [-0.3, -0.25) is 4.79 Å². The molecule has 1 rings (SSSR count). The number of nitrogens with one attached hydrogen (secondary N) is 1. The minimum atomic E-state index is -0.780. The largest absolute Gasteiger partial charge is 0.460 e. The molecule has 30 heavy (non-hydrogen) atoms. The van der Waals surface area contributed by atoms with Crippen LogP contribution in [0.3, 0.4) is 0 Å².